The van der Waals surface area contributed by atoms with Crippen LogP contribution in [0.25, 0.3) is 0 Å². The van der Waals surface area contributed by atoms with Gasteiger partial charge in [-0.05, 0) is 36.9 Å². The van der Waals surface area contributed by atoms with Crippen molar-refractivity contribution in [3.63, 3.8) is 0 Å². The van der Waals surface area contributed by atoms with Crippen molar-refractivity contribution < 1.29 is 4.74 Å². The van der Waals surface area contributed by atoms with Gasteiger partial charge in [0.15, 0.2) is 0 Å². The highest BCUT2D eigenvalue weighted by Gasteiger charge is 2.10. The van der Waals surface area contributed by atoms with Gasteiger partial charge < -0.3 is 10.1 Å². The average Bonchev–Trinajstić information content (AvgIpc) is 2.47. The highest BCUT2D eigenvalue weighted by molar-refractivity contribution is 5.25. The van der Waals surface area contributed by atoms with E-state index in [-0.39, 0.29) is 0 Å². The summed E-state index contributed by atoms with van der Waals surface area (Å²) in [5, 5.41) is 3.58. The maximum Gasteiger partial charge on any atom is 0.0661 e. The summed E-state index contributed by atoms with van der Waals surface area (Å²) in [4.78, 5) is 0. The van der Waals surface area contributed by atoms with Gasteiger partial charge in [-0.3, -0.25) is 0 Å². The van der Waals surface area contributed by atoms with Gasteiger partial charge in [-0.2, -0.15) is 0 Å². The summed E-state index contributed by atoms with van der Waals surface area (Å²) in [7, 11) is 0. The van der Waals surface area contributed by atoms with Crippen molar-refractivity contribution in [1.82, 2.24) is 5.32 Å². The third kappa shape index (κ3) is 6.22. The van der Waals surface area contributed by atoms with Gasteiger partial charge >= 0.3 is 0 Å². The number of unbranched alkanes of at least 4 members (excludes halogenated alkanes) is 1. The Bertz CT molecular complexity index is 321. The van der Waals surface area contributed by atoms with Crippen LogP contribution in [0, 0.1) is 0 Å². The molecule has 0 aliphatic heterocycles. The van der Waals surface area contributed by atoms with E-state index in [1.807, 2.05) is 0 Å². The number of aryl methyl sites for hydroxylation is 1. The molecule has 1 rings (SSSR count). The van der Waals surface area contributed by atoms with Gasteiger partial charge in [-0.25, -0.2) is 0 Å². The van der Waals surface area contributed by atoms with Crippen LogP contribution in [-0.4, -0.2) is 19.8 Å². The van der Waals surface area contributed by atoms with Gasteiger partial charge in [0.25, 0.3) is 0 Å². The molecule has 1 unspecified atom stereocenters. The first-order valence-corrected chi connectivity index (χ1v) is 7.71. The van der Waals surface area contributed by atoms with E-state index >= 15 is 0 Å². The molecule has 0 radical (unpaired) electrons. The van der Waals surface area contributed by atoms with Crippen LogP contribution in [0.4, 0.5) is 0 Å². The first-order chi connectivity index (χ1) is 9.31. The number of nitrogens with one attached hydrogen (secondary N) is 1. The summed E-state index contributed by atoms with van der Waals surface area (Å²) in [6.45, 7) is 9.26. The molecule has 2 heteroatoms. The molecule has 0 aliphatic rings. The lowest BCUT2D eigenvalue weighted by atomic mass is 10.0. The summed E-state index contributed by atoms with van der Waals surface area (Å²) in [5.41, 5.74) is 2.73. The highest BCUT2D eigenvalue weighted by atomic mass is 16.5. The Hall–Kier alpha value is -0.860. The lowest BCUT2D eigenvalue weighted by Crippen LogP contribution is -2.26. The number of ether oxygens (including phenoxy) is 1. The normalized spacial score (nSPS) is 12.6. The maximum atomic E-state index is 5.78. The zero-order chi connectivity index (χ0) is 13.9. The van der Waals surface area contributed by atoms with Crippen LogP contribution in [0.15, 0.2) is 24.3 Å². The van der Waals surface area contributed by atoms with Gasteiger partial charge in [0.1, 0.15) is 0 Å². The molecule has 0 saturated carbocycles. The summed E-state index contributed by atoms with van der Waals surface area (Å²) in [6.07, 6.45) is 4.59. The van der Waals surface area contributed by atoms with E-state index in [9.17, 15) is 0 Å². The molecular weight excluding hydrogens is 234 g/mol. The Morgan fingerprint density at radius 3 is 2.37 bits per heavy atom. The quantitative estimate of drug-likeness (QED) is 0.642. The van der Waals surface area contributed by atoms with Gasteiger partial charge in [0.2, 0.25) is 0 Å². The van der Waals surface area contributed by atoms with Crippen LogP contribution in [0.2, 0.25) is 0 Å². The molecule has 0 bridgehead atoms. The predicted octanol–water partition coefficient (Wildman–Crippen LogP) is 4.11. The molecule has 0 heterocycles. The Kier molecular flexibility index (Phi) is 8.52. The molecule has 1 N–H and O–H groups in total. The van der Waals surface area contributed by atoms with E-state index in [4.69, 9.17) is 4.74 Å². The highest BCUT2D eigenvalue weighted by Crippen LogP contribution is 2.15. The number of hydrogen-bond acceptors (Lipinski definition) is 2. The van der Waals surface area contributed by atoms with Gasteiger partial charge in [-0.1, -0.05) is 51.5 Å². The second-order valence-corrected chi connectivity index (χ2v) is 5.03. The van der Waals surface area contributed by atoms with Crippen LogP contribution in [0.5, 0.6) is 0 Å². The molecule has 108 valence electrons. The van der Waals surface area contributed by atoms with Crippen LogP contribution in [-0.2, 0) is 11.2 Å². The molecule has 0 spiro atoms. The Balaban J connectivity index is 2.55. The van der Waals surface area contributed by atoms with E-state index in [1.54, 1.807) is 0 Å². The van der Waals surface area contributed by atoms with Crippen LogP contribution in [0.3, 0.4) is 0 Å². The van der Waals surface area contributed by atoms with E-state index in [0.717, 1.165) is 39.0 Å². The topological polar surface area (TPSA) is 21.3 Å². The minimum absolute atomic E-state index is 0.322. The second kappa shape index (κ2) is 9.99. The fourth-order valence-electron chi connectivity index (χ4n) is 2.02. The molecule has 1 aromatic carbocycles. The maximum absolute atomic E-state index is 5.78. The smallest absolute Gasteiger partial charge is 0.0661 e. The standard InChI is InChI=1S/C17H29NO/c1-4-7-13-19-14-17(18-12-5-2)16-10-8-15(6-3)9-11-16/h8-11,17-18H,4-7,12-14H2,1-3H3. The fraction of sp³-hybridized carbons (Fsp3) is 0.647. The van der Waals surface area contributed by atoms with Gasteiger partial charge in [0, 0.05) is 6.61 Å². The van der Waals surface area contributed by atoms with Gasteiger partial charge in [0.05, 0.1) is 12.6 Å². The van der Waals surface area contributed by atoms with Crippen molar-refractivity contribution in [3.05, 3.63) is 35.4 Å². The first-order valence-electron chi connectivity index (χ1n) is 7.71. The third-order valence-electron chi connectivity index (χ3n) is 3.36. The van der Waals surface area contributed by atoms with Crippen molar-refractivity contribution in [2.24, 2.45) is 0 Å². The molecule has 19 heavy (non-hydrogen) atoms. The van der Waals surface area contributed by atoms with E-state index in [0.29, 0.717) is 6.04 Å². The van der Waals surface area contributed by atoms with Crippen molar-refractivity contribution in [1.29, 1.82) is 0 Å². The lowest BCUT2D eigenvalue weighted by Gasteiger charge is -2.19. The molecular formula is C17H29NO. The van der Waals surface area contributed by atoms with Gasteiger partial charge in [-0.15, -0.1) is 0 Å². The Labute approximate surface area is 118 Å². The zero-order valence-corrected chi connectivity index (χ0v) is 12.7. The minimum Gasteiger partial charge on any atom is -0.379 e. The summed E-state index contributed by atoms with van der Waals surface area (Å²) in [5.74, 6) is 0. The predicted molar refractivity (Wildman–Crippen MR) is 82.6 cm³/mol. The molecule has 0 saturated heterocycles. The molecule has 2 nitrogen and oxygen atoms in total. The Morgan fingerprint density at radius 2 is 1.79 bits per heavy atom. The SMILES string of the molecule is CCCCOCC(NCCC)c1ccc(CC)cc1. The molecule has 0 fully saturated rings. The summed E-state index contributed by atoms with van der Waals surface area (Å²) < 4.78 is 5.78. The zero-order valence-electron chi connectivity index (χ0n) is 12.7. The number of hydrogen-bond donors (Lipinski definition) is 1. The number of rotatable bonds is 10. The number of benzene rings is 1. The van der Waals surface area contributed by atoms with E-state index < -0.39 is 0 Å². The fourth-order valence-corrected chi connectivity index (χ4v) is 2.02. The molecule has 1 aromatic rings. The summed E-state index contributed by atoms with van der Waals surface area (Å²) in [6, 6.07) is 9.23. The van der Waals surface area contributed by atoms with Crippen LogP contribution < -0.4 is 5.32 Å². The van der Waals surface area contributed by atoms with Crippen LogP contribution >= 0.6 is 0 Å². The molecule has 1 atom stereocenters. The average molecular weight is 263 g/mol. The van der Waals surface area contributed by atoms with Crippen molar-refractivity contribution >= 4 is 0 Å². The second-order valence-electron chi connectivity index (χ2n) is 5.03. The largest absolute Gasteiger partial charge is 0.379 e. The minimum atomic E-state index is 0.322. The van der Waals surface area contributed by atoms with Crippen molar-refractivity contribution in [3.8, 4) is 0 Å². The van der Waals surface area contributed by atoms with E-state index in [1.165, 1.54) is 17.5 Å². The van der Waals surface area contributed by atoms with Crippen molar-refractivity contribution in [2.45, 2.75) is 52.5 Å². The first kappa shape index (κ1) is 16.2. The van der Waals surface area contributed by atoms with Crippen molar-refractivity contribution in [2.75, 3.05) is 19.8 Å². The Morgan fingerprint density at radius 1 is 1.05 bits per heavy atom. The van der Waals surface area contributed by atoms with E-state index in [2.05, 4.69) is 50.4 Å². The molecule has 0 aromatic heterocycles. The molecule has 0 amide bonds. The lowest BCUT2D eigenvalue weighted by molar-refractivity contribution is 0.109. The van der Waals surface area contributed by atoms with Crippen LogP contribution in [0.1, 0.15) is 57.2 Å². The summed E-state index contributed by atoms with van der Waals surface area (Å²) >= 11 is 0. The molecule has 0 aliphatic carbocycles. The third-order valence-corrected chi connectivity index (χ3v) is 3.36. The monoisotopic (exact) mass is 263 g/mol.